The minimum absolute atomic E-state index is 0.392. The van der Waals surface area contributed by atoms with Crippen molar-refractivity contribution in [3.05, 3.63) is 47.4 Å². The molecule has 17 heavy (non-hydrogen) atoms. The van der Waals surface area contributed by atoms with E-state index in [0.717, 1.165) is 25.7 Å². The van der Waals surface area contributed by atoms with Crippen LogP contribution in [-0.2, 0) is 0 Å². The molecule has 1 atom stereocenters. The molecule has 0 aliphatic rings. The van der Waals surface area contributed by atoms with Gasteiger partial charge in [-0.3, -0.25) is 0 Å². The van der Waals surface area contributed by atoms with Crippen LogP contribution in [0.2, 0.25) is 0 Å². The van der Waals surface area contributed by atoms with Crippen LogP contribution in [0, 0.1) is 6.57 Å². The van der Waals surface area contributed by atoms with Crippen LogP contribution in [0.3, 0.4) is 0 Å². The summed E-state index contributed by atoms with van der Waals surface area (Å²) < 4.78 is 0. The molecule has 0 radical (unpaired) electrons. The first-order valence-corrected chi connectivity index (χ1v) is 6.25. The first kappa shape index (κ1) is 15.7. The third kappa shape index (κ3) is 7.58. The molecule has 0 aliphatic carbocycles. The molecule has 0 rings (SSSR count). The predicted octanol–water partition coefficient (Wildman–Crippen LogP) is 5.32. The number of rotatable bonds is 7. The number of hydrogen-bond acceptors (Lipinski definition) is 0. The first-order chi connectivity index (χ1) is 7.93. The van der Waals surface area contributed by atoms with Gasteiger partial charge in [0, 0.05) is 13.3 Å². The van der Waals surface area contributed by atoms with E-state index in [0.29, 0.717) is 0 Å². The van der Waals surface area contributed by atoms with E-state index in [1.165, 1.54) is 11.1 Å². The van der Waals surface area contributed by atoms with Gasteiger partial charge in [-0.1, -0.05) is 29.9 Å². The highest BCUT2D eigenvalue weighted by Crippen LogP contribution is 2.20. The van der Waals surface area contributed by atoms with Crippen molar-refractivity contribution in [2.75, 3.05) is 0 Å². The zero-order valence-electron chi connectivity index (χ0n) is 11.7. The highest BCUT2D eigenvalue weighted by Gasteiger charge is 2.23. The Labute approximate surface area is 107 Å². The number of allylic oxidation sites excluding steroid dienone is 4. The molecule has 1 unspecified atom stereocenters. The van der Waals surface area contributed by atoms with E-state index < -0.39 is 5.54 Å². The van der Waals surface area contributed by atoms with E-state index in [2.05, 4.69) is 44.3 Å². The molecule has 0 saturated carbocycles. The Hall–Kier alpha value is -1.29. The molecule has 94 valence electrons. The third-order valence-electron chi connectivity index (χ3n) is 2.93. The second kappa shape index (κ2) is 7.90. The van der Waals surface area contributed by atoms with Gasteiger partial charge in [-0.05, 0) is 46.1 Å². The molecule has 0 fully saturated rings. The van der Waals surface area contributed by atoms with Gasteiger partial charge in [0.1, 0.15) is 0 Å². The van der Waals surface area contributed by atoms with E-state index >= 15 is 0 Å². The fourth-order valence-corrected chi connectivity index (χ4v) is 1.50. The Morgan fingerprint density at radius 2 is 1.88 bits per heavy atom. The van der Waals surface area contributed by atoms with E-state index in [9.17, 15) is 0 Å². The van der Waals surface area contributed by atoms with Crippen molar-refractivity contribution in [2.24, 2.45) is 0 Å². The van der Waals surface area contributed by atoms with E-state index in [4.69, 9.17) is 6.57 Å². The molecule has 1 heteroatoms. The van der Waals surface area contributed by atoms with Gasteiger partial charge in [0.15, 0.2) is 0 Å². The lowest BCUT2D eigenvalue weighted by atomic mass is 9.96. The van der Waals surface area contributed by atoms with Gasteiger partial charge in [-0.15, -0.1) is 0 Å². The summed E-state index contributed by atoms with van der Waals surface area (Å²) in [6, 6.07) is 0. The fourth-order valence-electron chi connectivity index (χ4n) is 1.50. The summed E-state index contributed by atoms with van der Waals surface area (Å²) in [4.78, 5) is 3.61. The fraction of sp³-hybridized carbons (Fsp3) is 0.562. The molecule has 0 aromatic carbocycles. The van der Waals surface area contributed by atoms with Crippen LogP contribution >= 0.6 is 0 Å². The van der Waals surface area contributed by atoms with Gasteiger partial charge in [0.25, 0.3) is 0 Å². The Bertz CT molecular complexity index is 337. The van der Waals surface area contributed by atoms with Gasteiger partial charge >= 0.3 is 0 Å². The van der Waals surface area contributed by atoms with Gasteiger partial charge in [0.05, 0.1) is 0 Å². The molecule has 0 saturated heterocycles. The Balaban J connectivity index is 4.05. The van der Waals surface area contributed by atoms with E-state index in [-0.39, 0.29) is 0 Å². The molecule has 0 amide bonds. The predicted molar refractivity (Wildman–Crippen MR) is 76.9 cm³/mol. The molecule has 0 aromatic heterocycles. The monoisotopic (exact) mass is 231 g/mol. The van der Waals surface area contributed by atoms with Gasteiger partial charge in [-0.2, -0.15) is 0 Å². The Morgan fingerprint density at radius 3 is 2.35 bits per heavy atom. The Kier molecular flexibility index (Phi) is 7.30. The smallest absolute Gasteiger partial charge is 0.248 e. The van der Waals surface area contributed by atoms with Crippen molar-refractivity contribution >= 4 is 0 Å². The SMILES string of the molecule is [C-]#[N+]C(C)(C=C)CC/C=C(\C)CCC=C(C)C. The van der Waals surface area contributed by atoms with E-state index in [1.807, 2.05) is 6.92 Å². The van der Waals surface area contributed by atoms with Crippen LogP contribution in [0.4, 0.5) is 0 Å². The minimum atomic E-state index is -0.392. The molecular formula is C16H25N. The molecule has 0 heterocycles. The summed E-state index contributed by atoms with van der Waals surface area (Å²) in [5.41, 5.74) is 2.40. The van der Waals surface area contributed by atoms with Crippen molar-refractivity contribution < 1.29 is 0 Å². The molecular weight excluding hydrogens is 206 g/mol. The summed E-state index contributed by atoms with van der Waals surface area (Å²) in [5, 5.41) is 0. The van der Waals surface area contributed by atoms with Crippen LogP contribution in [0.1, 0.15) is 53.4 Å². The Morgan fingerprint density at radius 1 is 1.24 bits per heavy atom. The average Bonchev–Trinajstić information content (AvgIpc) is 2.28. The molecule has 0 aliphatic heterocycles. The van der Waals surface area contributed by atoms with Crippen molar-refractivity contribution in [1.82, 2.24) is 0 Å². The maximum atomic E-state index is 7.13. The van der Waals surface area contributed by atoms with Crippen molar-refractivity contribution in [3.63, 3.8) is 0 Å². The van der Waals surface area contributed by atoms with Gasteiger partial charge < -0.3 is 4.85 Å². The molecule has 0 spiro atoms. The van der Waals surface area contributed by atoms with Crippen LogP contribution in [0.15, 0.2) is 36.0 Å². The summed E-state index contributed by atoms with van der Waals surface area (Å²) in [5.74, 6) is 0. The van der Waals surface area contributed by atoms with Crippen LogP contribution in [-0.4, -0.2) is 5.54 Å². The van der Waals surface area contributed by atoms with Crippen molar-refractivity contribution in [2.45, 2.75) is 58.9 Å². The lowest BCUT2D eigenvalue weighted by Gasteiger charge is -2.10. The lowest BCUT2D eigenvalue weighted by Crippen LogP contribution is -2.14. The highest BCUT2D eigenvalue weighted by atomic mass is 14.8. The highest BCUT2D eigenvalue weighted by molar-refractivity contribution is 5.10. The summed E-state index contributed by atoms with van der Waals surface area (Å²) in [6.45, 7) is 19.2. The average molecular weight is 231 g/mol. The number of nitrogens with zero attached hydrogens (tertiary/aromatic N) is 1. The molecule has 0 aromatic rings. The lowest BCUT2D eigenvalue weighted by molar-refractivity contribution is 0.623. The molecule has 1 nitrogen and oxygen atoms in total. The van der Waals surface area contributed by atoms with Crippen LogP contribution in [0.5, 0.6) is 0 Å². The molecule has 0 bridgehead atoms. The zero-order valence-corrected chi connectivity index (χ0v) is 11.7. The largest absolute Gasteiger partial charge is 0.306 e. The van der Waals surface area contributed by atoms with Crippen molar-refractivity contribution in [1.29, 1.82) is 0 Å². The summed E-state index contributed by atoms with van der Waals surface area (Å²) in [7, 11) is 0. The quantitative estimate of drug-likeness (QED) is 0.412. The first-order valence-electron chi connectivity index (χ1n) is 6.25. The topological polar surface area (TPSA) is 4.36 Å². The minimum Gasteiger partial charge on any atom is -0.306 e. The maximum absolute atomic E-state index is 7.13. The summed E-state index contributed by atoms with van der Waals surface area (Å²) >= 11 is 0. The second-order valence-corrected chi connectivity index (χ2v) is 5.08. The summed E-state index contributed by atoms with van der Waals surface area (Å²) in [6.07, 6.45) is 10.3. The van der Waals surface area contributed by atoms with Gasteiger partial charge in [-0.25, -0.2) is 6.57 Å². The van der Waals surface area contributed by atoms with Crippen LogP contribution < -0.4 is 0 Å². The van der Waals surface area contributed by atoms with Crippen molar-refractivity contribution in [3.8, 4) is 0 Å². The molecule has 0 N–H and O–H groups in total. The number of hydrogen-bond donors (Lipinski definition) is 0. The normalized spacial score (nSPS) is 14.6. The zero-order chi connectivity index (χ0) is 13.3. The van der Waals surface area contributed by atoms with E-state index in [1.54, 1.807) is 6.08 Å². The standard InChI is InChI=1S/C16H25N/c1-7-16(5,17-6)13-9-12-15(4)11-8-10-14(2)3/h7,10,12H,1,8-9,11,13H2,2-5H3/b15-12+. The third-order valence-corrected chi connectivity index (χ3v) is 2.93. The van der Waals surface area contributed by atoms with Gasteiger partial charge in [0.2, 0.25) is 5.54 Å². The van der Waals surface area contributed by atoms with Crippen LogP contribution in [0.25, 0.3) is 4.85 Å². The maximum Gasteiger partial charge on any atom is 0.248 e. The second-order valence-electron chi connectivity index (χ2n) is 5.08.